The zero-order valence-electron chi connectivity index (χ0n) is 11.8. The summed E-state index contributed by atoms with van der Waals surface area (Å²) in [4.78, 5) is 9.50. The Morgan fingerprint density at radius 2 is 1.32 bits per heavy atom. The van der Waals surface area contributed by atoms with Crippen LogP contribution in [0.25, 0.3) is 43.5 Å². The first kappa shape index (κ1) is 11.6. The Labute approximate surface area is 127 Å². The lowest BCUT2D eigenvalue weighted by Crippen LogP contribution is -1.89. The van der Waals surface area contributed by atoms with Gasteiger partial charge in [-0.3, -0.25) is 4.98 Å². The first-order valence-corrected chi connectivity index (χ1v) is 7.37. The van der Waals surface area contributed by atoms with Gasteiger partial charge in [0.2, 0.25) is 0 Å². The third-order valence-corrected chi connectivity index (χ3v) is 4.26. The van der Waals surface area contributed by atoms with Crippen LogP contribution in [0.5, 0.6) is 0 Å². The van der Waals surface area contributed by atoms with Crippen molar-refractivity contribution in [3.63, 3.8) is 0 Å². The topological polar surface area (TPSA) is 25.8 Å². The van der Waals surface area contributed by atoms with E-state index in [4.69, 9.17) is 4.98 Å². The predicted molar refractivity (Wildman–Crippen MR) is 92.1 cm³/mol. The fraction of sp³-hybridized carbons (Fsp3) is 0. The lowest BCUT2D eigenvalue weighted by Gasteiger charge is -2.09. The Morgan fingerprint density at radius 1 is 0.591 bits per heavy atom. The fourth-order valence-electron chi connectivity index (χ4n) is 3.27. The van der Waals surface area contributed by atoms with Gasteiger partial charge in [0, 0.05) is 22.4 Å². The van der Waals surface area contributed by atoms with Crippen LogP contribution in [0.3, 0.4) is 0 Å². The van der Waals surface area contributed by atoms with Crippen LogP contribution in [0, 0.1) is 0 Å². The predicted octanol–water partition coefficient (Wildman–Crippen LogP) is 5.09. The Hall–Kier alpha value is -3.00. The molecule has 3 aromatic carbocycles. The number of fused-ring (bicyclic) bond motifs is 7. The second-order valence-corrected chi connectivity index (χ2v) is 5.52. The van der Waals surface area contributed by atoms with Crippen LogP contribution in [-0.2, 0) is 0 Å². The van der Waals surface area contributed by atoms with Gasteiger partial charge in [0.25, 0.3) is 0 Å². The molecule has 0 amide bonds. The summed E-state index contributed by atoms with van der Waals surface area (Å²) in [5.41, 5.74) is 2.96. The van der Waals surface area contributed by atoms with Gasteiger partial charge in [0.05, 0.1) is 16.6 Å². The molecule has 2 nitrogen and oxygen atoms in total. The van der Waals surface area contributed by atoms with Crippen LogP contribution in [0.1, 0.15) is 0 Å². The van der Waals surface area contributed by atoms with Gasteiger partial charge in [-0.25, -0.2) is 4.98 Å². The van der Waals surface area contributed by atoms with Gasteiger partial charge in [-0.2, -0.15) is 0 Å². The average molecular weight is 280 g/mol. The minimum Gasteiger partial charge on any atom is -0.254 e. The molecule has 0 spiro atoms. The molecule has 5 aromatic rings. The summed E-state index contributed by atoms with van der Waals surface area (Å²) in [5.74, 6) is 0. The number of nitrogens with zero attached hydrogens (tertiary/aromatic N) is 2. The van der Waals surface area contributed by atoms with Crippen molar-refractivity contribution in [2.75, 3.05) is 0 Å². The van der Waals surface area contributed by atoms with Crippen LogP contribution in [0.15, 0.2) is 72.9 Å². The quantitative estimate of drug-likeness (QED) is 0.292. The maximum absolute atomic E-state index is 4.89. The molecule has 0 saturated carbocycles. The molecule has 0 bridgehead atoms. The number of rotatable bonds is 0. The van der Waals surface area contributed by atoms with E-state index in [1.807, 2.05) is 18.3 Å². The van der Waals surface area contributed by atoms with E-state index < -0.39 is 0 Å². The Balaban J connectivity index is 2.17. The lowest BCUT2D eigenvalue weighted by atomic mass is 9.99. The maximum Gasteiger partial charge on any atom is 0.0978 e. The number of pyridine rings is 2. The average Bonchev–Trinajstić information content (AvgIpc) is 2.61. The standard InChI is InChI=1S/C20H12N2/c1-4-10-18-13(6-1)12-17-15-8-3-2-7-14(15)16-9-5-11-21-19(16)20(17)22-18/h1-12H. The zero-order chi connectivity index (χ0) is 14.5. The van der Waals surface area contributed by atoms with E-state index in [0.717, 1.165) is 27.3 Å². The molecule has 102 valence electrons. The zero-order valence-corrected chi connectivity index (χ0v) is 11.8. The maximum atomic E-state index is 4.89. The van der Waals surface area contributed by atoms with Gasteiger partial charge in [-0.1, -0.05) is 48.5 Å². The Morgan fingerprint density at radius 3 is 2.23 bits per heavy atom. The van der Waals surface area contributed by atoms with Gasteiger partial charge in [0.1, 0.15) is 0 Å². The van der Waals surface area contributed by atoms with Crippen molar-refractivity contribution in [2.45, 2.75) is 0 Å². The minimum absolute atomic E-state index is 0.974. The molecule has 22 heavy (non-hydrogen) atoms. The molecular weight excluding hydrogens is 268 g/mol. The van der Waals surface area contributed by atoms with Gasteiger partial charge in [-0.05, 0) is 29.0 Å². The van der Waals surface area contributed by atoms with E-state index in [2.05, 4.69) is 59.6 Å². The molecule has 0 saturated heterocycles. The molecule has 0 fully saturated rings. The van der Waals surface area contributed by atoms with Crippen LogP contribution in [0.2, 0.25) is 0 Å². The number of hydrogen-bond acceptors (Lipinski definition) is 2. The molecule has 0 atom stereocenters. The summed E-state index contributed by atoms with van der Waals surface area (Å²) < 4.78 is 0. The second kappa shape index (κ2) is 4.25. The van der Waals surface area contributed by atoms with Crippen LogP contribution < -0.4 is 0 Å². The highest BCUT2D eigenvalue weighted by Crippen LogP contribution is 2.34. The summed E-state index contributed by atoms with van der Waals surface area (Å²) in [7, 11) is 0. The summed E-state index contributed by atoms with van der Waals surface area (Å²) in [6, 6.07) is 23.1. The van der Waals surface area contributed by atoms with Crippen LogP contribution in [0.4, 0.5) is 0 Å². The number of hydrogen-bond donors (Lipinski definition) is 0. The number of aromatic nitrogens is 2. The van der Waals surface area contributed by atoms with Gasteiger partial charge in [-0.15, -0.1) is 0 Å². The first-order chi connectivity index (χ1) is 10.9. The van der Waals surface area contributed by atoms with Crippen molar-refractivity contribution in [3.8, 4) is 0 Å². The molecule has 2 heterocycles. The van der Waals surface area contributed by atoms with E-state index in [9.17, 15) is 0 Å². The molecule has 0 aliphatic carbocycles. The highest BCUT2D eigenvalue weighted by atomic mass is 14.7. The van der Waals surface area contributed by atoms with Gasteiger partial charge >= 0.3 is 0 Å². The van der Waals surface area contributed by atoms with E-state index >= 15 is 0 Å². The van der Waals surface area contributed by atoms with Crippen LogP contribution >= 0.6 is 0 Å². The molecule has 5 rings (SSSR count). The molecule has 0 aliphatic heterocycles. The molecule has 2 heteroatoms. The lowest BCUT2D eigenvalue weighted by molar-refractivity contribution is 1.41. The summed E-state index contributed by atoms with van der Waals surface area (Å²) in [5, 5.41) is 5.95. The molecular formula is C20H12N2. The minimum atomic E-state index is 0.974. The smallest absolute Gasteiger partial charge is 0.0978 e. The number of para-hydroxylation sites is 1. The first-order valence-electron chi connectivity index (χ1n) is 7.37. The fourth-order valence-corrected chi connectivity index (χ4v) is 3.27. The molecule has 0 aliphatic rings. The third-order valence-electron chi connectivity index (χ3n) is 4.26. The van der Waals surface area contributed by atoms with Gasteiger partial charge < -0.3 is 0 Å². The normalized spacial score (nSPS) is 11.6. The molecule has 0 radical (unpaired) electrons. The Kier molecular flexibility index (Phi) is 2.25. The van der Waals surface area contributed by atoms with E-state index in [1.165, 1.54) is 16.2 Å². The van der Waals surface area contributed by atoms with E-state index in [1.54, 1.807) is 0 Å². The molecule has 0 N–H and O–H groups in total. The summed E-state index contributed by atoms with van der Waals surface area (Å²) in [6.45, 7) is 0. The van der Waals surface area contributed by atoms with Crippen molar-refractivity contribution in [3.05, 3.63) is 72.9 Å². The van der Waals surface area contributed by atoms with Crippen molar-refractivity contribution in [2.24, 2.45) is 0 Å². The van der Waals surface area contributed by atoms with Gasteiger partial charge in [0.15, 0.2) is 0 Å². The summed E-state index contributed by atoms with van der Waals surface area (Å²) in [6.07, 6.45) is 1.84. The molecule has 2 aromatic heterocycles. The van der Waals surface area contributed by atoms with E-state index in [-0.39, 0.29) is 0 Å². The Bertz CT molecular complexity index is 1080. The monoisotopic (exact) mass is 280 g/mol. The van der Waals surface area contributed by atoms with Crippen molar-refractivity contribution in [1.29, 1.82) is 0 Å². The molecule has 0 unspecified atom stereocenters. The highest BCUT2D eigenvalue weighted by molar-refractivity contribution is 6.24. The number of benzene rings is 3. The third kappa shape index (κ3) is 1.49. The van der Waals surface area contributed by atoms with Crippen molar-refractivity contribution in [1.82, 2.24) is 9.97 Å². The summed E-state index contributed by atoms with van der Waals surface area (Å²) >= 11 is 0. The second-order valence-electron chi connectivity index (χ2n) is 5.52. The largest absolute Gasteiger partial charge is 0.254 e. The van der Waals surface area contributed by atoms with Crippen LogP contribution in [-0.4, -0.2) is 9.97 Å². The van der Waals surface area contributed by atoms with Crippen molar-refractivity contribution >= 4 is 43.5 Å². The SMILES string of the molecule is c1ccc2nc3c(cc2c1)c1ccccc1c1cccnc13. The van der Waals surface area contributed by atoms with Crippen molar-refractivity contribution < 1.29 is 0 Å². The van der Waals surface area contributed by atoms with E-state index in [0.29, 0.717) is 0 Å². The highest BCUT2D eigenvalue weighted by Gasteiger charge is 2.10.